The molecule has 0 saturated heterocycles. The Morgan fingerprint density at radius 1 is 1.53 bits per heavy atom. The molecule has 0 unspecified atom stereocenters. The lowest BCUT2D eigenvalue weighted by atomic mass is 9.85. The number of hydrogen-bond donors (Lipinski definition) is 0. The van der Waals surface area contributed by atoms with E-state index in [9.17, 15) is 4.79 Å². The molecule has 0 heterocycles. The average molecular weight is 236 g/mol. The van der Waals surface area contributed by atoms with Gasteiger partial charge < -0.3 is 4.74 Å². The fourth-order valence-electron chi connectivity index (χ4n) is 2.09. The summed E-state index contributed by atoms with van der Waals surface area (Å²) in [6.45, 7) is 12.2. The van der Waals surface area contributed by atoms with E-state index in [1.54, 1.807) is 0 Å². The predicted octanol–water partition coefficient (Wildman–Crippen LogP) is 4.23. The maximum absolute atomic E-state index is 11.7. The molecule has 96 valence electrons. The van der Waals surface area contributed by atoms with Crippen LogP contribution in [0.2, 0.25) is 0 Å². The second kappa shape index (κ2) is 6.04. The van der Waals surface area contributed by atoms with Gasteiger partial charge in [0.2, 0.25) is 0 Å². The minimum absolute atomic E-state index is 0.100. The van der Waals surface area contributed by atoms with Gasteiger partial charge in [-0.1, -0.05) is 26.0 Å². The number of carbonyl (C=O) groups excluding carboxylic acids is 1. The van der Waals surface area contributed by atoms with Crippen molar-refractivity contribution in [2.45, 2.75) is 53.4 Å². The summed E-state index contributed by atoms with van der Waals surface area (Å²) >= 11 is 0. The third-order valence-electron chi connectivity index (χ3n) is 3.28. The number of esters is 1. The average Bonchev–Trinajstić information content (AvgIpc) is 2.19. The van der Waals surface area contributed by atoms with Crippen molar-refractivity contribution in [2.75, 3.05) is 0 Å². The molecule has 2 heteroatoms. The van der Waals surface area contributed by atoms with Crippen LogP contribution in [0.4, 0.5) is 0 Å². The van der Waals surface area contributed by atoms with Crippen LogP contribution >= 0.6 is 0 Å². The van der Waals surface area contributed by atoms with Gasteiger partial charge in [0.25, 0.3) is 0 Å². The Balaban J connectivity index is 2.62. The third-order valence-corrected chi connectivity index (χ3v) is 3.28. The molecule has 1 aliphatic carbocycles. The SMILES string of the molecule is C=C(C)[C@@H]1CCC(C)=C(OC(=O)CC(C)C)C1. The zero-order chi connectivity index (χ0) is 13.0. The summed E-state index contributed by atoms with van der Waals surface area (Å²) in [4.78, 5) is 11.7. The standard InChI is InChI=1S/C15H24O2/c1-10(2)8-15(16)17-14-9-13(11(3)4)7-6-12(14)5/h10,13H,3,6-9H2,1-2,4-5H3/t13-/m1/s1. The highest BCUT2D eigenvalue weighted by atomic mass is 16.5. The largest absolute Gasteiger partial charge is 0.431 e. The smallest absolute Gasteiger partial charge is 0.311 e. The van der Waals surface area contributed by atoms with E-state index in [0.717, 1.165) is 25.0 Å². The van der Waals surface area contributed by atoms with Crippen LogP contribution in [0.5, 0.6) is 0 Å². The highest BCUT2D eigenvalue weighted by Crippen LogP contribution is 2.33. The van der Waals surface area contributed by atoms with Gasteiger partial charge >= 0.3 is 5.97 Å². The molecule has 0 aromatic rings. The van der Waals surface area contributed by atoms with Gasteiger partial charge in [-0.15, -0.1) is 0 Å². The first-order valence-electron chi connectivity index (χ1n) is 6.44. The van der Waals surface area contributed by atoms with Crippen molar-refractivity contribution < 1.29 is 9.53 Å². The topological polar surface area (TPSA) is 26.3 Å². The van der Waals surface area contributed by atoms with E-state index in [2.05, 4.69) is 20.4 Å². The fourth-order valence-corrected chi connectivity index (χ4v) is 2.09. The molecule has 1 aliphatic rings. The van der Waals surface area contributed by atoms with Crippen LogP contribution in [0, 0.1) is 11.8 Å². The summed E-state index contributed by atoms with van der Waals surface area (Å²) in [6, 6.07) is 0. The lowest BCUT2D eigenvalue weighted by molar-refractivity contribution is -0.140. The van der Waals surface area contributed by atoms with Crippen LogP contribution < -0.4 is 0 Å². The zero-order valence-electron chi connectivity index (χ0n) is 11.5. The molecule has 1 rings (SSSR count). The van der Waals surface area contributed by atoms with Crippen molar-refractivity contribution in [2.24, 2.45) is 11.8 Å². The molecule has 0 aromatic heterocycles. The molecular weight excluding hydrogens is 212 g/mol. The van der Waals surface area contributed by atoms with E-state index >= 15 is 0 Å². The second-order valence-corrected chi connectivity index (χ2v) is 5.56. The molecule has 0 amide bonds. The molecule has 1 atom stereocenters. The van der Waals surface area contributed by atoms with Crippen molar-refractivity contribution in [3.63, 3.8) is 0 Å². The van der Waals surface area contributed by atoms with Gasteiger partial charge in [-0.25, -0.2) is 0 Å². The van der Waals surface area contributed by atoms with Crippen molar-refractivity contribution in [1.29, 1.82) is 0 Å². The van der Waals surface area contributed by atoms with Crippen LogP contribution in [0.15, 0.2) is 23.5 Å². The van der Waals surface area contributed by atoms with Gasteiger partial charge in [-0.05, 0) is 44.1 Å². The Labute approximate surface area is 105 Å². The molecule has 2 nitrogen and oxygen atoms in total. The monoisotopic (exact) mass is 236 g/mol. The molecular formula is C15H24O2. The van der Waals surface area contributed by atoms with E-state index in [1.807, 2.05) is 13.8 Å². The summed E-state index contributed by atoms with van der Waals surface area (Å²) in [7, 11) is 0. The van der Waals surface area contributed by atoms with Crippen LogP contribution in [-0.4, -0.2) is 5.97 Å². The van der Waals surface area contributed by atoms with Gasteiger partial charge in [0.05, 0.1) is 0 Å². The molecule has 0 fully saturated rings. The molecule has 17 heavy (non-hydrogen) atoms. The zero-order valence-corrected chi connectivity index (χ0v) is 11.5. The quantitative estimate of drug-likeness (QED) is 0.539. The van der Waals surface area contributed by atoms with Crippen LogP contribution in [0.1, 0.15) is 53.4 Å². The molecule has 0 aliphatic heterocycles. The fraction of sp³-hybridized carbons (Fsp3) is 0.667. The van der Waals surface area contributed by atoms with E-state index in [1.165, 1.54) is 11.1 Å². The lowest BCUT2D eigenvalue weighted by Crippen LogP contribution is -2.16. The number of rotatable bonds is 4. The molecule has 0 spiro atoms. The summed E-state index contributed by atoms with van der Waals surface area (Å²) in [5.74, 6) is 1.61. The molecule has 0 radical (unpaired) electrons. The van der Waals surface area contributed by atoms with E-state index in [4.69, 9.17) is 4.74 Å². The van der Waals surface area contributed by atoms with Gasteiger partial charge in [0, 0.05) is 12.8 Å². The highest BCUT2D eigenvalue weighted by molar-refractivity contribution is 5.70. The van der Waals surface area contributed by atoms with Crippen molar-refractivity contribution >= 4 is 5.97 Å². The van der Waals surface area contributed by atoms with Crippen molar-refractivity contribution in [3.05, 3.63) is 23.5 Å². The van der Waals surface area contributed by atoms with Crippen LogP contribution in [-0.2, 0) is 9.53 Å². The van der Waals surface area contributed by atoms with Gasteiger partial charge in [0.15, 0.2) is 0 Å². The van der Waals surface area contributed by atoms with Gasteiger partial charge in [-0.2, -0.15) is 0 Å². The Bertz CT molecular complexity index is 337. The third kappa shape index (κ3) is 4.37. The van der Waals surface area contributed by atoms with E-state index in [-0.39, 0.29) is 5.97 Å². The van der Waals surface area contributed by atoms with Gasteiger partial charge in [0.1, 0.15) is 5.76 Å². The first-order valence-corrected chi connectivity index (χ1v) is 6.44. The van der Waals surface area contributed by atoms with Crippen LogP contribution in [0.3, 0.4) is 0 Å². The molecule has 0 bridgehead atoms. The molecule has 0 aromatic carbocycles. The first-order chi connectivity index (χ1) is 7.90. The van der Waals surface area contributed by atoms with Crippen molar-refractivity contribution in [1.82, 2.24) is 0 Å². The Morgan fingerprint density at radius 2 is 2.18 bits per heavy atom. The van der Waals surface area contributed by atoms with E-state index in [0.29, 0.717) is 18.3 Å². The summed E-state index contributed by atoms with van der Waals surface area (Å²) < 4.78 is 5.49. The summed E-state index contributed by atoms with van der Waals surface area (Å²) in [6.07, 6.45) is 3.48. The Hall–Kier alpha value is -1.05. The maximum atomic E-state index is 11.7. The normalized spacial score (nSPS) is 20.6. The molecule has 0 saturated carbocycles. The lowest BCUT2D eigenvalue weighted by Gasteiger charge is -2.25. The summed E-state index contributed by atoms with van der Waals surface area (Å²) in [5, 5.41) is 0. The number of ether oxygens (including phenoxy) is 1. The first kappa shape index (κ1) is 14.0. The van der Waals surface area contributed by atoms with Crippen LogP contribution in [0.25, 0.3) is 0 Å². The van der Waals surface area contributed by atoms with E-state index < -0.39 is 0 Å². The van der Waals surface area contributed by atoms with Gasteiger partial charge in [-0.3, -0.25) is 4.79 Å². The number of carbonyl (C=O) groups is 1. The minimum atomic E-state index is -0.100. The summed E-state index contributed by atoms with van der Waals surface area (Å²) in [5.41, 5.74) is 2.41. The maximum Gasteiger partial charge on any atom is 0.311 e. The number of allylic oxidation sites excluding steroid dienone is 3. The van der Waals surface area contributed by atoms with Crippen molar-refractivity contribution in [3.8, 4) is 0 Å². The number of hydrogen-bond acceptors (Lipinski definition) is 2. The Morgan fingerprint density at radius 3 is 2.71 bits per heavy atom. The minimum Gasteiger partial charge on any atom is -0.431 e. The predicted molar refractivity (Wildman–Crippen MR) is 70.4 cm³/mol. The highest BCUT2D eigenvalue weighted by Gasteiger charge is 2.22. The Kier molecular flexibility index (Phi) is 4.98. The second-order valence-electron chi connectivity index (χ2n) is 5.56. The molecule has 0 N–H and O–H groups in total.